The molecule has 0 aromatic rings. The van der Waals surface area contributed by atoms with Crippen LogP contribution in [0.1, 0.15) is 34.1 Å². The maximum absolute atomic E-state index is 5.17. The molecule has 0 heterocycles. The molecule has 0 atom stereocenters. The zero-order chi connectivity index (χ0) is 9.61. The van der Waals surface area contributed by atoms with Gasteiger partial charge >= 0.3 is 31.1 Å². The minimum absolute atomic E-state index is 0. The molecule has 0 bridgehead atoms. The molecule has 0 saturated carbocycles. The Morgan fingerprint density at radius 2 is 1.85 bits per heavy atom. The van der Waals surface area contributed by atoms with Gasteiger partial charge in [0.15, 0.2) is 0 Å². The average molecular weight is 400 g/mol. The largest absolute Gasteiger partial charge is 2.00 e. The van der Waals surface area contributed by atoms with Crippen LogP contribution in [-0.2, 0) is 0 Å². The van der Waals surface area contributed by atoms with Crippen LogP contribution in [0.4, 0.5) is 0 Å². The summed E-state index contributed by atoms with van der Waals surface area (Å²) in [6, 6.07) is 0. The Balaban J connectivity index is 0. The van der Waals surface area contributed by atoms with Crippen LogP contribution in [0.3, 0.4) is 0 Å². The van der Waals surface area contributed by atoms with Crippen molar-refractivity contribution in [1.82, 2.24) is 0 Å². The van der Waals surface area contributed by atoms with Crippen molar-refractivity contribution in [3.63, 3.8) is 0 Å². The third-order valence-corrected chi connectivity index (χ3v) is 0.926. The van der Waals surface area contributed by atoms with E-state index in [4.69, 9.17) is 6.58 Å². The molecule has 0 amide bonds. The number of hydrogen-bond acceptors (Lipinski definition) is 0. The Morgan fingerprint density at radius 3 is 2.00 bits per heavy atom. The fraction of sp³-hybridized carbons (Fsp3) is 0.500. The standard InChI is InChI=1S/C7H6.C5H12.U/c1-2-7-5-3-4-6-7;1-5(2,3)4;/h1-4H,5H2;1-4H3;/q-2;;+2. The second-order valence-corrected chi connectivity index (χ2v) is 4.44. The van der Waals surface area contributed by atoms with Gasteiger partial charge in [-0.25, -0.2) is 0 Å². The van der Waals surface area contributed by atoms with Gasteiger partial charge in [0.05, 0.1) is 0 Å². The molecular formula is C12H18U. The quantitative estimate of drug-likeness (QED) is 0.589. The van der Waals surface area contributed by atoms with Crippen LogP contribution < -0.4 is 0 Å². The predicted octanol–water partition coefficient (Wildman–Crippen LogP) is 3.72. The Kier molecular flexibility index (Phi) is 9.26. The second kappa shape index (κ2) is 7.65. The van der Waals surface area contributed by atoms with Crippen LogP contribution in [0, 0.1) is 49.2 Å². The van der Waals surface area contributed by atoms with E-state index in [1.54, 1.807) is 6.08 Å². The van der Waals surface area contributed by atoms with E-state index in [2.05, 4.69) is 33.8 Å². The first-order valence-electron chi connectivity index (χ1n) is 4.26. The molecule has 0 saturated heterocycles. The van der Waals surface area contributed by atoms with E-state index in [-0.39, 0.29) is 31.1 Å². The average Bonchev–Trinajstić information content (AvgIpc) is 2.33. The van der Waals surface area contributed by atoms with Crippen molar-refractivity contribution in [2.24, 2.45) is 5.41 Å². The first-order valence-corrected chi connectivity index (χ1v) is 4.26. The molecule has 13 heavy (non-hydrogen) atoms. The third-order valence-electron chi connectivity index (χ3n) is 0.926. The minimum Gasteiger partial charge on any atom is -0.361 e. The van der Waals surface area contributed by atoms with Gasteiger partial charge in [0, 0.05) is 0 Å². The fourth-order valence-electron chi connectivity index (χ4n) is 0.527. The van der Waals surface area contributed by atoms with Gasteiger partial charge in [0.1, 0.15) is 0 Å². The maximum atomic E-state index is 5.17. The van der Waals surface area contributed by atoms with Crippen LogP contribution in [0.25, 0.3) is 0 Å². The van der Waals surface area contributed by atoms with Crippen molar-refractivity contribution in [2.45, 2.75) is 34.1 Å². The topological polar surface area (TPSA) is 0 Å². The number of allylic oxidation sites excluding steroid dienone is 5. The molecule has 0 nitrogen and oxygen atoms in total. The second-order valence-electron chi connectivity index (χ2n) is 4.44. The summed E-state index contributed by atoms with van der Waals surface area (Å²) in [6.45, 7) is 13.9. The summed E-state index contributed by atoms with van der Waals surface area (Å²) in [5, 5.41) is 0. The number of rotatable bonds is 1. The molecular weight excluding hydrogens is 382 g/mol. The zero-order valence-electron chi connectivity index (χ0n) is 9.02. The third kappa shape index (κ3) is 15.1. The van der Waals surface area contributed by atoms with E-state index >= 15 is 0 Å². The Bertz CT molecular complexity index is 186. The maximum Gasteiger partial charge on any atom is 2.00 e. The molecule has 0 aromatic heterocycles. The van der Waals surface area contributed by atoms with Crippen LogP contribution in [-0.4, -0.2) is 0 Å². The first kappa shape index (κ1) is 15.7. The molecule has 1 aliphatic rings. The molecule has 0 fully saturated rings. The Hall–Kier alpha value is 0.272. The summed E-state index contributed by atoms with van der Waals surface area (Å²) >= 11 is 0. The smallest absolute Gasteiger partial charge is 0.361 e. The van der Waals surface area contributed by atoms with Gasteiger partial charge in [-0.2, -0.15) is 12.2 Å². The van der Waals surface area contributed by atoms with Crippen LogP contribution in [0.2, 0.25) is 0 Å². The number of hydrogen-bond donors (Lipinski definition) is 0. The zero-order valence-corrected chi connectivity index (χ0v) is 13.2. The van der Waals surface area contributed by atoms with Gasteiger partial charge in [-0.1, -0.05) is 27.7 Å². The van der Waals surface area contributed by atoms with Crippen molar-refractivity contribution >= 4 is 0 Å². The predicted molar refractivity (Wildman–Crippen MR) is 54.5 cm³/mol. The van der Waals surface area contributed by atoms with Crippen molar-refractivity contribution in [1.29, 1.82) is 0 Å². The van der Waals surface area contributed by atoms with Gasteiger partial charge in [-0.05, 0) is 5.41 Å². The van der Waals surface area contributed by atoms with E-state index in [0.29, 0.717) is 5.41 Å². The van der Waals surface area contributed by atoms with Crippen LogP contribution in [0.15, 0.2) is 23.8 Å². The van der Waals surface area contributed by atoms with E-state index in [1.807, 2.05) is 12.2 Å². The van der Waals surface area contributed by atoms with Gasteiger partial charge in [0.2, 0.25) is 0 Å². The van der Waals surface area contributed by atoms with Gasteiger partial charge in [0.25, 0.3) is 0 Å². The molecule has 1 aliphatic carbocycles. The molecule has 70 valence electrons. The van der Waals surface area contributed by atoms with Crippen LogP contribution in [0.5, 0.6) is 0 Å². The first-order chi connectivity index (χ1) is 5.43. The Morgan fingerprint density at radius 1 is 1.38 bits per heavy atom. The van der Waals surface area contributed by atoms with E-state index in [0.717, 1.165) is 12.0 Å². The summed E-state index contributed by atoms with van der Waals surface area (Å²) in [6.07, 6.45) is 9.41. The molecule has 0 aromatic carbocycles. The van der Waals surface area contributed by atoms with Crippen molar-refractivity contribution in [3.8, 4) is 0 Å². The molecule has 1 heteroatoms. The SMILES string of the molecule is CC(C)(C)C.[CH-]=CC1=[C-]C=CC1.[U+2]. The van der Waals surface area contributed by atoms with E-state index in [1.165, 1.54) is 0 Å². The molecule has 0 aliphatic heterocycles. The van der Waals surface area contributed by atoms with Gasteiger partial charge in [-0.3, -0.25) is 6.08 Å². The molecule has 1 rings (SSSR count). The minimum atomic E-state index is 0. The van der Waals surface area contributed by atoms with Crippen molar-refractivity contribution < 1.29 is 31.1 Å². The molecule has 0 unspecified atom stereocenters. The van der Waals surface area contributed by atoms with E-state index < -0.39 is 0 Å². The summed E-state index contributed by atoms with van der Waals surface area (Å²) in [4.78, 5) is 0. The van der Waals surface area contributed by atoms with Gasteiger partial charge in [-0.15, -0.1) is 6.42 Å². The van der Waals surface area contributed by atoms with E-state index in [9.17, 15) is 0 Å². The fourth-order valence-corrected chi connectivity index (χ4v) is 0.527. The molecule has 0 N–H and O–H groups in total. The normalized spacial score (nSPS) is 13.7. The molecule has 0 radical (unpaired) electrons. The van der Waals surface area contributed by atoms with Crippen LogP contribution >= 0.6 is 0 Å². The summed E-state index contributed by atoms with van der Waals surface area (Å²) in [7, 11) is 0. The summed E-state index contributed by atoms with van der Waals surface area (Å²) < 4.78 is 0. The van der Waals surface area contributed by atoms with Crippen molar-refractivity contribution in [3.05, 3.63) is 36.5 Å². The Labute approximate surface area is 107 Å². The van der Waals surface area contributed by atoms with Gasteiger partial charge < -0.3 is 18.2 Å². The van der Waals surface area contributed by atoms with Crippen molar-refractivity contribution in [2.75, 3.05) is 0 Å². The summed E-state index contributed by atoms with van der Waals surface area (Å²) in [5.41, 5.74) is 1.58. The monoisotopic (exact) mass is 400 g/mol. The molecule has 0 spiro atoms. The summed E-state index contributed by atoms with van der Waals surface area (Å²) in [5.74, 6) is 0.